The molecular formula is C23H15FN4O. The molecule has 3 aromatic heterocycles. The summed E-state index contributed by atoms with van der Waals surface area (Å²) >= 11 is 0. The molecule has 0 atom stereocenters. The maximum absolute atomic E-state index is 14.9. The average molecular weight is 382 g/mol. The van der Waals surface area contributed by atoms with E-state index in [1.165, 1.54) is 16.8 Å². The van der Waals surface area contributed by atoms with Crippen LogP contribution in [0, 0.1) is 5.82 Å². The number of rotatable bonds is 3. The molecule has 5 nitrogen and oxygen atoms in total. The summed E-state index contributed by atoms with van der Waals surface area (Å²) in [5.74, 6) is -0.366. The Morgan fingerprint density at radius 2 is 1.72 bits per heavy atom. The minimum absolute atomic E-state index is 0.108. The highest BCUT2D eigenvalue weighted by atomic mass is 19.1. The normalized spacial score (nSPS) is 11.2. The number of hydrogen-bond donors (Lipinski definition) is 0. The van der Waals surface area contributed by atoms with Gasteiger partial charge >= 0.3 is 0 Å². The lowest BCUT2D eigenvalue weighted by atomic mass is 10.0. The van der Waals surface area contributed by atoms with Crippen molar-refractivity contribution in [2.75, 3.05) is 0 Å². The van der Waals surface area contributed by atoms with Crippen LogP contribution in [0.2, 0.25) is 0 Å². The van der Waals surface area contributed by atoms with Crippen molar-refractivity contribution in [3.8, 4) is 11.1 Å². The van der Waals surface area contributed by atoms with Crippen LogP contribution in [0.5, 0.6) is 0 Å². The van der Waals surface area contributed by atoms with Gasteiger partial charge in [0.2, 0.25) is 0 Å². The first kappa shape index (κ1) is 17.2. The van der Waals surface area contributed by atoms with Crippen LogP contribution in [-0.2, 0) is 6.54 Å². The van der Waals surface area contributed by atoms with Crippen molar-refractivity contribution in [2.24, 2.45) is 0 Å². The fourth-order valence-electron chi connectivity index (χ4n) is 3.45. The van der Waals surface area contributed by atoms with Crippen LogP contribution >= 0.6 is 0 Å². The van der Waals surface area contributed by atoms with Crippen molar-refractivity contribution in [3.05, 3.63) is 101 Å². The number of nitrogens with zero attached hydrogens (tertiary/aromatic N) is 4. The molecule has 0 N–H and O–H groups in total. The Balaban J connectivity index is 1.53. The van der Waals surface area contributed by atoms with E-state index < -0.39 is 0 Å². The van der Waals surface area contributed by atoms with Gasteiger partial charge in [0.15, 0.2) is 0 Å². The Kier molecular flexibility index (Phi) is 4.09. The van der Waals surface area contributed by atoms with Crippen molar-refractivity contribution < 1.29 is 4.39 Å². The van der Waals surface area contributed by atoms with Gasteiger partial charge < -0.3 is 0 Å². The number of halogens is 1. The van der Waals surface area contributed by atoms with E-state index >= 15 is 0 Å². The molecule has 2 aromatic carbocycles. The highest BCUT2D eigenvalue weighted by Gasteiger charge is 2.10. The molecule has 0 aliphatic heterocycles. The SMILES string of the molecule is O=c1cnc2ccncc2n1Cc1ccc(-c2ccc3ncccc3c2)cc1F. The van der Waals surface area contributed by atoms with Gasteiger partial charge in [0.25, 0.3) is 5.56 Å². The van der Waals surface area contributed by atoms with E-state index in [0.717, 1.165) is 22.0 Å². The van der Waals surface area contributed by atoms with E-state index in [9.17, 15) is 9.18 Å². The molecular weight excluding hydrogens is 367 g/mol. The predicted octanol–water partition coefficient (Wildman–Crippen LogP) is 4.19. The summed E-state index contributed by atoms with van der Waals surface area (Å²) in [6.07, 6.45) is 6.17. The molecule has 0 saturated carbocycles. The van der Waals surface area contributed by atoms with Gasteiger partial charge in [-0.2, -0.15) is 0 Å². The summed E-state index contributed by atoms with van der Waals surface area (Å²) in [6.45, 7) is 0.108. The van der Waals surface area contributed by atoms with E-state index in [4.69, 9.17) is 0 Å². The topological polar surface area (TPSA) is 60.7 Å². The van der Waals surface area contributed by atoms with Crippen LogP contribution in [-0.4, -0.2) is 19.5 Å². The summed E-state index contributed by atoms with van der Waals surface area (Å²) in [5, 5.41) is 0.997. The van der Waals surface area contributed by atoms with Gasteiger partial charge in [-0.05, 0) is 41.5 Å². The van der Waals surface area contributed by atoms with Gasteiger partial charge in [-0.1, -0.05) is 24.3 Å². The minimum Gasteiger partial charge on any atom is -0.299 e. The number of pyridine rings is 2. The first-order chi connectivity index (χ1) is 14.2. The van der Waals surface area contributed by atoms with Crippen LogP contribution in [0.4, 0.5) is 4.39 Å². The molecule has 5 aromatic rings. The van der Waals surface area contributed by atoms with Crippen molar-refractivity contribution >= 4 is 21.9 Å². The van der Waals surface area contributed by atoms with Crippen molar-refractivity contribution in [2.45, 2.75) is 6.54 Å². The Bertz CT molecular complexity index is 1430. The first-order valence-electron chi connectivity index (χ1n) is 9.12. The fraction of sp³-hybridized carbons (Fsp3) is 0.0435. The summed E-state index contributed by atoms with van der Waals surface area (Å²) in [7, 11) is 0. The lowest BCUT2D eigenvalue weighted by Gasteiger charge is -2.11. The van der Waals surface area contributed by atoms with Crippen LogP contribution in [0.1, 0.15) is 5.56 Å². The zero-order chi connectivity index (χ0) is 19.8. The fourth-order valence-corrected chi connectivity index (χ4v) is 3.45. The molecule has 140 valence electrons. The molecule has 29 heavy (non-hydrogen) atoms. The first-order valence-corrected chi connectivity index (χ1v) is 9.12. The summed E-state index contributed by atoms with van der Waals surface area (Å²) in [4.78, 5) is 24.8. The molecule has 0 fully saturated rings. The van der Waals surface area contributed by atoms with Crippen LogP contribution < -0.4 is 5.56 Å². The summed E-state index contributed by atoms with van der Waals surface area (Å²) in [6, 6.07) is 16.5. The number of fused-ring (bicyclic) bond motifs is 2. The van der Waals surface area contributed by atoms with Gasteiger partial charge in [-0.25, -0.2) is 9.37 Å². The highest BCUT2D eigenvalue weighted by molar-refractivity contribution is 5.84. The Labute approximate surface area is 165 Å². The number of hydrogen-bond acceptors (Lipinski definition) is 4. The van der Waals surface area contributed by atoms with Crippen molar-refractivity contribution in [3.63, 3.8) is 0 Å². The Morgan fingerprint density at radius 3 is 2.62 bits per heavy atom. The Morgan fingerprint density at radius 1 is 0.862 bits per heavy atom. The van der Waals surface area contributed by atoms with Gasteiger partial charge in [-0.15, -0.1) is 0 Å². The van der Waals surface area contributed by atoms with Gasteiger partial charge in [-0.3, -0.25) is 19.3 Å². The zero-order valence-corrected chi connectivity index (χ0v) is 15.3. The second-order valence-corrected chi connectivity index (χ2v) is 6.76. The van der Waals surface area contributed by atoms with Crippen LogP contribution in [0.3, 0.4) is 0 Å². The molecule has 0 bridgehead atoms. The van der Waals surface area contributed by atoms with Gasteiger partial charge in [0, 0.05) is 23.3 Å². The van der Waals surface area contributed by atoms with E-state index in [1.807, 2.05) is 36.4 Å². The third kappa shape index (κ3) is 3.14. The number of benzene rings is 2. The molecule has 0 saturated heterocycles. The lowest BCUT2D eigenvalue weighted by molar-refractivity contribution is 0.599. The highest BCUT2D eigenvalue weighted by Crippen LogP contribution is 2.25. The van der Waals surface area contributed by atoms with Gasteiger partial charge in [0.05, 0.1) is 35.5 Å². The predicted molar refractivity (Wildman–Crippen MR) is 110 cm³/mol. The van der Waals surface area contributed by atoms with E-state index in [1.54, 1.807) is 30.7 Å². The number of aromatic nitrogens is 4. The summed E-state index contributed by atoms with van der Waals surface area (Å²) in [5.41, 5.74) is 3.92. The lowest BCUT2D eigenvalue weighted by Crippen LogP contribution is -2.21. The molecule has 0 spiro atoms. The largest absolute Gasteiger partial charge is 0.299 e. The molecule has 3 heterocycles. The Hall–Kier alpha value is -3.93. The molecule has 0 radical (unpaired) electrons. The molecule has 0 aliphatic rings. The molecule has 0 amide bonds. The average Bonchev–Trinajstić information content (AvgIpc) is 2.76. The van der Waals surface area contributed by atoms with Crippen molar-refractivity contribution in [1.82, 2.24) is 19.5 Å². The second kappa shape index (κ2) is 6.91. The van der Waals surface area contributed by atoms with E-state index in [0.29, 0.717) is 16.6 Å². The second-order valence-electron chi connectivity index (χ2n) is 6.76. The molecule has 6 heteroatoms. The van der Waals surface area contributed by atoms with Crippen molar-refractivity contribution in [1.29, 1.82) is 0 Å². The third-order valence-corrected chi connectivity index (χ3v) is 4.97. The third-order valence-electron chi connectivity index (χ3n) is 4.97. The van der Waals surface area contributed by atoms with E-state index in [2.05, 4.69) is 15.0 Å². The smallest absolute Gasteiger partial charge is 0.269 e. The molecule has 0 aliphatic carbocycles. The standard InChI is InChI=1S/C23H15FN4O/c24-19-11-16(15-5-6-20-17(10-15)2-1-8-26-20)3-4-18(19)14-28-22-12-25-9-7-21(22)27-13-23(28)29/h1-13H,14H2. The quantitative estimate of drug-likeness (QED) is 0.469. The van der Waals surface area contributed by atoms with Gasteiger partial charge in [0.1, 0.15) is 5.82 Å². The minimum atomic E-state index is -0.366. The maximum atomic E-state index is 14.9. The van der Waals surface area contributed by atoms with Crippen LogP contribution in [0.25, 0.3) is 33.1 Å². The maximum Gasteiger partial charge on any atom is 0.269 e. The monoisotopic (exact) mass is 382 g/mol. The van der Waals surface area contributed by atoms with E-state index in [-0.39, 0.29) is 17.9 Å². The molecule has 5 rings (SSSR count). The molecule has 0 unspecified atom stereocenters. The van der Waals surface area contributed by atoms with Crippen LogP contribution in [0.15, 0.2) is 84.2 Å². The zero-order valence-electron chi connectivity index (χ0n) is 15.3. The summed E-state index contributed by atoms with van der Waals surface area (Å²) < 4.78 is 16.4.